The monoisotopic (exact) mass is 353 g/mol. The minimum atomic E-state index is -0.125. The zero-order valence-corrected chi connectivity index (χ0v) is 15.1. The molecular weight excluding hydrogens is 330 g/mol. The van der Waals surface area contributed by atoms with Crippen molar-refractivity contribution in [1.82, 2.24) is 9.13 Å². The Bertz CT molecular complexity index is 972. The van der Waals surface area contributed by atoms with E-state index in [2.05, 4.69) is 5.32 Å². The van der Waals surface area contributed by atoms with Crippen LogP contribution in [0.3, 0.4) is 0 Å². The van der Waals surface area contributed by atoms with E-state index in [1.807, 2.05) is 55.5 Å². The van der Waals surface area contributed by atoms with Gasteiger partial charge in [-0.1, -0.05) is 24.3 Å². The van der Waals surface area contributed by atoms with Crippen molar-refractivity contribution in [2.45, 2.75) is 33.0 Å². The summed E-state index contributed by atoms with van der Waals surface area (Å²) in [7, 11) is 1.63. The molecule has 1 heterocycles. The van der Waals surface area contributed by atoms with Crippen LogP contribution in [-0.4, -0.2) is 22.2 Å². The zero-order chi connectivity index (χ0) is 18.5. The summed E-state index contributed by atoms with van der Waals surface area (Å²) < 4.78 is 8.50. The zero-order valence-electron chi connectivity index (χ0n) is 15.1. The van der Waals surface area contributed by atoms with Crippen molar-refractivity contribution in [3.8, 4) is 0 Å². The van der Waals surface area contributed by atoms with Crippen LogP contribution in [0.4, 0.5) is 5.69 Å². The number of ether oxygens (including phenoxy) is 1. The molecule has 1 N–H and O–H groups in total. The quantitative estimate of drug-likeness (QED) is 0.710. The number of carbonyl (C=O) groups is 1. The Hall–Kier alpha value is -2.86. The van der Waals surface area contributed by atoms with Crippen LogP contribution in [0.1, 0.15) is 18.9 Å². The number of hydrogen-bond acceptors (Lipinski definition) is 3. The van der Waals surface area contributed by atoms with Crippen LogP contribution < -0.4 is 11.0 Å². The summed E-state index contributed by atoms with van der Waals surface area (Å²) in [6, 6.07) is 15.2. The second kappa shape index (κ2) is 8.01. The lowest BCUT2D eigenvalue weighted by atomic mass is 10.2. The fraction of sp³-hybridized carbons (Fsp3) is 0.300. The molecule has 136 valence electrons. The van der Waals surface area contributed by atoms with Gasteiger partial charge in [0.1, 0.15) is 0 Å². The van der Waals surface area contributed by atoms with Gasteiger partial charge in [-0.05, 0) is 36.8 Å². The van der Waals surface area contributed by atoms with E-state index >= 15 is 0 Å². The highest BCUT2D eigenvalue weighted by molar-refractivity contribution is 5.90. The van der Waals surface area contributed by atoms with E-state index in [0.29, 0.717) is 19.7 Å². The molecule has 0 fully saturated rings. The van der Waals surface area contributed by atoms with E-state index in [4.69, 9.17) is 4.74 Å². The van der Waals surface area contributed by atoms with Crippen molar-refractivity contribution in [2.75, 3.05) is 12.4 Å². The van der Waals surface area contributed by atoms with Gasteiger partial charge in [-0.25, -0.2) is 4.79 Å². The number of hydrogen-bond donors (Lipinski definition) is 1. The van der Waals surface area contributed by atoms with Crippen molar-refractivity contribution in [3.63, 3.8) is 0 Å². The van der Waals surface area contributed by atoms with Crippen molar-refractivity contribution in [3.05, 3.63) is 64.6 Å². The van der Waals surface area contributed by atoms with Crippen LogP contribution in [0.15, 0.2) is 53.3 Å². The topological polar surface area (TPSA) is 65.3 Å². The Kier molecular flexibility index (Phi) is 5.53. The molecule has 6 heteroatoms. The Morgan fingerprint density at radius 1 is 1.08 bits per heavy atom. The van der Waals surface area contributed by atoms with Crippen LogP contribution in [-0.2, 0) is 29.2 Å². The first-order valence-corrected chi connectivity index (χ1v) is 8.69. The molecule has 3 aromatic rings. The molecule has 0 saturated carbocycles. The summed E-state index contributed by atoms with van der Waals surface area (Å²) in [4.78, 5) is 24.9. The first kappa shape index (κ1) is 17.9. The Balaban J connectivity index is 1.72. The number of carbonyl (C=O) groups excluding carboxylic acids is 1. The highest BCUT2D eigenvalue weighted by Gasteiger charge is 2.12. The summed E-state index contributed by atoms with van der Waals surface area (Å²) in [5, 5.41) is 2.88. The second-order valence-corrected chi connectivity index (χ2v) is 6.10. The maximum atomic E-state index is 12.6. The van der Waals surface area contributed by atoms with Crippen molar-refractivity contribution in [1.29, 1.82) is 0 Å². The summed E-state index contributed by atoms with van der Waals surface area (Å²) >= 11 is 0. The van der Waals surface area contributed by atoms with E-state index in [1.165, 1.54) is 0 Å². The van der Waals surface area contributed by atoms with Crippen LogP contribution in [0.5, 0.6) is 0 Å². The van der Waals surface area contributed by atoms with Crippen molar-refractivity contribution < 1.29 is 9.53 Å². The Morgan fingerprint density at radius 2 is 1.81 bits per heavy atom. The number of para-hydroxylation sites is 2. The van der Waals surface area contributed by atoms with Gasteiger partial charge in [-0.3, -0.25) is 13.9 Å². The molecule has 1 aromatic heterocycles. The molecule has 0 aliphatic rings. The fourth-order valence-electron chi connectivity index (χ4n) is 3.14. The lowest BCUT2D eigenvalue weighted by molar-refractivity contribution is -0.116. The van der Waals surface area contributed by atoms with Gasteiger partial charge in [0.05, 0.1) is 17.6 Å². The summed E-state index contributed by atoms with van der Waals surface area (Å²) in [6.07, 6.45) is 0.228. The maximum absolute atomic E-state index is 12.6. The largest absolute Gasteiger partial charge is 0.380 e. The van der Waals surface area contributed by atoms with E-state index in [-0.39, 0.29) is 18.0 Å². The molecule has 0 unspecified atom stereocenters. The minimum Gasteiger partial charge on any atom is -0.380 e. The molecule has 2 aromatic carbocycles. The number of aromatic nitrogens is 2. The normalized spacial score (nSPS) is 11.0. The SMILES string of the molecule is CCn1c(=O)n(CCC(=O)Nc2cccc(COC)c2)c2ccccc21. The number of imidazole rings is 1. The highest BCUT2D eigenvalue weighted by Crippen LogP contribution is 2.14. The average molecular weight is 353 g/mol. The van der Waals surface area contributed by atoms with Crippen LogP contribution in [0, 0.1) is 0 Å². The molecule has 3 rings (SSSR count). The van der Waals surface area contributed by atoms with E-state index in [1.54, 1.807) is 16.2 Å². The van der Waals surface area contributed by atoms with Crippen LogP contribution >= 0.6 is 0 Å². The molecule has 0 atom stereocenters. The lowest BCUT2D eigenvalue weighted by Crippen LogP contribution is -2.25. The Morgan fingerprint density at radius 3 is 2.50 bits per heavy atom. The fourth-order valence-corrected chi connectivity index (χ4v) is 3.14. The van der Waals surface area contributed by atoms with E-state index in [0.717, 1.165) is 22.3 Å². The smallest absolute Gasteiger partial charge is 0.329 e. The number of fused-ring (bicyclic) bond motifs is 1. The molecule has 0 bridgehead atoms. The van der Waals surface area contributed by atoms with Crippen molar-refractivity contribution >= 4 is 22.6 Å². The van der Waals surface area contributed by atoms with Gasteiger partial charge in [0, 0.05) is 32.3 Å². The third kappa shape index (κ3) is 3.70. The van der Waals surface area contributed by atoms with Gasteiger partial charge in [-0.2, -0.15) is 0 Å². The molecule has 0 aliphatic carbocycles. The van der Waals surface area contributed by atoms with Gasteiger partial charge >= 0.3 is 5.69 Å². The van der Waals surface area contributed by atoms with Gasteiger partial charge in [0.15, 0.2) is 0 Å². The van der Waals surface area contributed by atoms with E-state index in [9.17, 15) is 9.59 Å². The predicted molar refractivity (Wildman–Crippen MR) is 102 cm³/mol. The number of methoxy groups -OCH3 is 1. The first-order chi connectivity index (χ1) is 12.6. The molecule has 6 nitrogen and oxygen atoms in total. The number of amides is 1. The molecular formula is C20H23N3O3. The number of nitrogens with one attached hydrogen (secondary N) is 1. The number of aryl methyl sites for hydroxylation is 2. The molecule has 26 heavy (non-hydrogen) atoms. The third-order valence-electron chi connectivity index (χ3n) is 4.33. The number of rotatable bonds is 7. The molecule has 1 amide bonds. The summed E-state index contributed by atoms with van der Waals surface area (Å²) in [6.45, 7) is 3.38. The summed E-state index contributed by atoms with van der Waals surface area (Å²) in [5.41, 5.74) is 3.39. The van der Waals surface area contributed by atoms with Gasteiger partial charge in [0.2, 0.25) is 5.91 Å². The Labute approximate surface area is 152 Å². The maximum Gasteiger partial charge on any atom is 0.329 e. The number of nitrogens with zero attached hydrogens (tertiary/aromatic N) is 2. The first-order valence-electron chi connectivity index (χ1n) is 8.69. The standard InChI is InChI=1S/C20H23N3O3/c1-3-22-17-9-4-5-10-18(17)23(20(22)25)12-11-19(24)21-16-8-6-7-15(13-16)14-26-2/h4-10,13H,3,11-12,14H2,1-2H3,(H,21,24). The molecule has 0 aliphatic heterocycles. The highest BCUT2D eigenvalue weighted by atomic mass is 16.5. The third-order valence-corrected chi connectivity index (χ3v) is 4.33. The second-order valence-electron chi connectivity index (χ2n) is 6.10. The summed E-state index contributed by atoms with van der Waals surface area (Å²) in [5.74, 6) is -0.125. The lowest BCUT2D eigenvalue weighted by Gasteiger charge is -2.08. The van der Waals surface area contributed by atoms with Gasteiger partial charge < -0.3 is 10.1 Å². The van der Waals surface area contributed by atoms with Crippen LogP contribution in [0.25, 0.3) is 11.0 Å². The van der Waals surface area contributed by atoms with E-state index < -0.39 is 0 Å². The predicted octanol–water partition coefficient (Wildman–Crippen LogP) is 3.00. The molecule has 0 saturated heterocycles. The molecule has 0 radical (unpaired) electrons. The number of anilines is 1. The van der Waals surface area contributed by atoms with Crippen molar-refractivity contribution in [2.24, 2.45) is 0 Å². The van der Waals surface area contributed by atoms with Gasteiger partial charge in [-0.15, -0.1) is 0 Å². The number of benzene rings is 2. The van der Waals surface area contributed by atoms with Crippen LogP contribution in [0.2, 0.25) is 0 Å². The molecule has 0 spiro atoms. The average Bonchev–Trinajstić information content (AvgIpc) is 2.91. The minimum absolute atomic E-state index is 0.0800. The van der Waals surface area contributed by atoms with Gasteiger partial charge in [0.25, 0.3) is 0 Å².